The molecule has 2 N–H and O–H groups in total. The summed E-state index contributed by atoms with van der Waals surface area (Å²) in [6.07, 6.45) is 4.94. The summed E-state index contributed by atoms with van der Waals surface area (Å²) < 4.78 is 5.53. The third-order valence-corrected chi connectivity index (χ3v) is 5.08. The second kappa shape index (κ2) is 5.26. The Morgan fingerprint density at radius 3 is 2.38 bits per heavy atom. The Hall–Kier alpha value is -1.68. The molecule has 1 aromatic carbocycles. The first-order chi connectivity index (χ1) is 10.1. The largest absolute Gasteiger partial charge is 0.337 e. The zero-order valence-corrected chi connectivity index (χ0v) is 12.8. The first-order valence-corrected chi connectivity index (χ1v) is 7.84. The van der Waals surface area contributed by atoms with Gasteiger partial charge in [0, 0.05) is 0 Å². The predicted molar refractivity (Wildman–Crippen MR) is 81.8 cm³/mol. The fourth-order valence-electron chi connectivity index (χ4n) is 3.10. The van der Waals surface area contributed by atoms with E-state index in [0.717, 1.165) is 31.5 Å². The predicted octanol–water partition coefficient (Wildman–Crippen LogP) is 3.51. The van der Waals surface area contributed by atoms with Crippen LogP contribution in [0.25, 0.3) is 0 Å². The van der Waals surface area contributed by atoms with Crippen molar-refractivity contribution >= 4 is 0 Å². The van der Waals surface area contributed by atoms with Crippen LogP contribution in [-0.4, -0.2) is 10.1 Å². The van der Waals surface area contributed by atoms with Crippen molar-refractivity contribution in [3.05, 3.63) is 47.6 Å². The maximum absolute atomic E-state index is 6.38. The van der Waals surface area contributed by atoms with Gasteiger partial charge in [0.1, 0.15) is 0 Å². The van der Waals surface area contributed by atoms with Gasteiger partial charge in [-0.1, -0.05) is 55.8 Å². The van der Waals surface area contributed by atoms with Gasteiger partial charge in [0.05, 0.1) is 11.0 Å². The van der Waals surface area contributed by atoms with Crippen molar-refractivity contribution in [2.45, 2.75) is 56.9 Å². The smallest absolute Gasteiger partial charge is 0.246 e. The number of aromatic nitrogens is 2. The van der Waals surface area contributed by atoms with Gasteiger partial charge in [-0.05, 0) is 31.2 Å². The highest BCUT2D eigenvalue weighted by Gasteiger charge is 2.45. The van der Waals surface area contributed by atoms with Crippen LogP contribution in [0, 0.1) is 0 Å². The maximum atomic E-state index is 6.38. The molecule has 1 aromatic heterocycles. The van der Waals surface area contributed by atoms with Crippen LogP contribution in [0.1, 0.15) is 63.2 Å². The lowest BCUT2D eigenvalue weighted by Crippen LogP contribution is -2.38. The highest BCUT2D eigenvalue weighted by Crippen LogP contribution is 2.48. The van der Waals surface area contributed by atoms with Crippen molar-refractivity contribution in [3.63, 3.8) is 0 Å². The van der Waals surface area contributed by atoms with Gasteiger partial charge in [0.15, 0.2) is 5.82 Å². The number of rotatable bonds is 5. The van der Waals surface area contributed by atoms with E-state index in [-0.39, 0.29) is 5.41 Å². The average molecular weight is 285 g/mol. The van der Waals surface area contributed by atoms with Crippen LogP contribution in [-0.2, 0) is 11.0 Å². The first kappa shape index (κ1) is 14.3. The standard InChI is InChI=1S/C17H23N3O/c1-3-17(18,4-2)15-19-14(20-21-15)16(11-8-12-16)13-9-6-5-7-10-13/h5-7,9-10H,3-4,8,11-12,18H2,1-2H3. The van der Waals surface area contributed by atoms with Crippen molar-refractivity contribution in [3.8, 4) is 0 Å². The number of nitrogens with two attached hydrogens (primary N) is 1. The summed E-state index contributed by atoms with van der Waals surface area (Å²) in [5.74, 6) is 1.37. The number of nitrogens with zero attached hydrogens (tertiary/aromatic N) is 2. The molecule has 0 radical (unpaired) electrons. The molecule has 0 bridgehead atoms. The second-order valence-electron chi connectivity index (χ2n) is 6.09. The van der Waals surface area contributed by atoms with Gasteiger partial charge in [-0.3, -0.25) is 0 Å². The normalized spacial score (nSPS) is 17.5. The molecule has 3 rings (SSSR count). The highest BCUT2D eigenvalue weighted by molar-refractivity contribution is 5.35. The molecule has 1 aliphatic carbocycles. The summed E-state index contributed by atoms with van der Waals surface area (Å²) in [7, 11) is 0. The molecule has 4 heteroatoms. The third kappa shape index (κ3) is 2.18. The molecule has 0 unspecified atom stereocenters. The molecule has 0 aliphatic heterocycles. The van der Waals surface area contributed by atoms with Gasteiger partial charge in [-0.25, -0.2) is 0 Å². The summed E-state index contributed by atoms with van der Waals surface area (Å²) in [4.78, 5) is 4.69. The molecular weight excluding hydrogens is 262 g/mol. The van der Waals surface area contributed by atoms with Gasteiger partial charge in [0.2, 0.25) is 5.89 Å². The van der Waals surface area contributed by atoms with Crippen LogP contribution < -0.4 is 5.73 Å². The number of hydrogen-bond acceptors (Lipinski definition) is 4. The van der Waals surface area contributed by atoms with Crippen LogP contribution in [0.3, 0.4) is 0 Å². The Kier molecular flexibility index (Phi) is 3.57. The average Bonchev–Trinajstić information content (AvgIpc) is 2.97. The lowest BCUT2D eigenvalue weighted by atomic mass is 9.64. The van der Waals surface area contributed by atoms with Crippen LogP contribution in [0.15, 0.2) is 34.9 Å². The minimum atomic E-state index is -0.507. The Morgan fingerprint density at radius 2 is 1.86 bits per heavy atom. The Bertz CT molecular complexity index is 598. The van der Waals surface area contributed by atoms with Gasteiger partial charge in [0.25, 0.3) is 0 Å². The van der Waals surface area contributed by atoms with E-state index < -0.39 is 5.54 Å². The molecule has 112 valence electrons. The summed E-state index contributed by atoms with van der Waals surface area (Å²) >= 11 is 0. The SMILES string of the molecule is CCC(N)(CC)c1nc(C2(c3ccccc3)CCC2)no1. The van der Waals surface area contributed by atoms with E-state index in [2.05, 4.69) is 43.3 Å². The van der Waals surface area contributed by atoms with E-state index in [1.165, 1.54) is 12.0 Å². The molecule has 21 heavy (non-hydrogen) atoms. The molecule has 2 aromatic rings. The summed E-state index contributed by atoms with van der Waals surface area (Å²) in [5.41, 5.74) is 7.07. The zero-order valence-electron chi connectivity index (χ0n) is 12.8. The van der Waals surface area contributed by atoms with Crippen molar-refractivity contribution in [1.82, 2.24) is 10.1 Å². The molecule has 0 saturated heterocycles. The molecule has 4 nitrogen and oxygen atoms in total. The first-order valence-electron chi connectivity index (χ1n) is 7.84. The molecule has 1 heterocycles. The lowest BCUT2D eigenvalue weighted by molar-refractivity contribution is 0.252. The number of benzene rings is 1. The molecule has 1 saturated carbocycles. The van der Waals surface area contributed by atoms with E-state index in [1.54, 1.807) is 0 Å². The van der Waals surface area contributed by atoms with Crippen molar-refractivity contribution in [2.75, 3.05) is 0 Å². The lowest BCUT2D eigenvalue weighted by Gasteiger charge is -2.39. The fraction of sp³-hybridized carbons (Fsp3) is 0.529. The minimum Gasteiger partial charge on any atom is -0.337 e. The van der Waals surface area contributed by atoms with Crippen molar-refractivity contribution in [2.24, 2.45) is 5.73 Å². The third-order valence-electron chi connectivity index (χ3n) is 5.08. The molecule has 1 fully saturated rings. The van der Waals surface area contributed by atoms with Crippen LogP contribution >= 0.6 is 0 Å². The quantitative estimate of drug-likeness (QED) is 0.913. The van der Waals surface area contributed by atoms with Crippen LogP contribution in [0.5, 0.6) is 0 Å². The van der Waals surface area contributed by atoms with Crippen LogP contribution in [0.2, 0.25) is 0 Å². The molecule has 0 atom stereocenters. The Morgan fingerprint density at radius 1 is 1.19 bits per heavy atom. The Balaban J connectivity index is 1.99. The van der Waals surface area contributed by atoms with Crippen molar-refractivity contribution < 1.29 is 4.52 Å². The van der Waals surface area contributed by atoms with E-state index in [4.69, 9.17) is 15.2 Å². The van der Waals surface area contributed by atoms with Gasteiger partial charge < -0.3 is 10.3 Å². The van der Waals surface area contributed by atoms with E-state index in [0.29, 0.717) is 5.89 Å². The Labute approximate surface area is 125 Å². The second-order valence-corrected chi connectivity index (χ2v) is 6.09. The van der Waals surface area contributed by atoms with Gasteiger partial charge >= 0.3 is 0 Å². The molecule has 0 amide bonds. The van der Waals surface area contributed by atoms with Gasteiger partial charge in [-0.15, -0.1) is 0 Å². The minimum absolute atomic E-state index is 0.0780. The molecular formula is C17H23N3O. The topological polar surface area (TPSA) is 64.9 Å². The highest BCUT2D eigenvalue weighted by atomic mass is 16.5. The number of hydrogen-bond donors (Lipinski definition) is 1. The monoisotopic (exact) mass is 285 g/mol. The van der Waals surface area contributed by atoms with Crippen LogP contribution in [0.4, 0.5) is 0 Å². The molecule has 1 aliphatic rings. The van der Waals surface area contributed by atoms with E-state index >= 15 is 0 Å². The zero-order chi connectivity index (χ0) is 14.9. The summed E-state index contributed by atoms with van der Waals surface area (Å²) in [6, 6.07) is 10.5. The van der Waals surface area contributed by atoms with Gasteiger partial charge in [-0.2, -0.15) is 4.98 Å². The van der Waals surface area contributed by atoms with E-state index in [9.17, 15) is 0 Å². The van der Waals surface area contributed by atoms with E-state index in [1.807, 2.05) is 6.07 Å². The fourth-order valence-corrected chi connectivity index (χ4v) is 3.10. The molecule has 0 spiro atoms. The summed E-state index contributed by atoms with van der Waals surface area (Å²) in [5, 5.41) is 4.28. The summed E-state index contributed by atoms with van der Waals surface area (Å²) in [6.45, 7) is 4.12. The van der Waals surface area contributed by atoms with Crippen molar-refractivity contribution in [1.29, 1.82) is 0 Å². The maximum Gasteiger partial charge on any atom is 0.246 e.